The van der Waals surface area contributed by atoms with Crippen LogP contribution in [0.3, 0.4) is 0 Å². The number of rotatable bonds is 12. The number of ether oxygens (including phenoxy) is 1. The summed E-state index contributed by atoms with van der Waals surface area (Å²) in [5.41, 5.74) is 16.7. The quantitative estimate of drug-likeness (QED) is 0.190. The molecule has 4 fully saturated rings. The summed E-state index contributed by atoms with van der Waals surface area (Å²) in [6.07, 6.45) is 22.8. The van der Waals surface area contributed by atoms with Gasteiger partial charge >= 0.3 is 5.97 Å². The maximum absolute atomic E-state index is 11.2. The van der Waals surface area contributed by atoms with Crippen LogP contribution < -0.4 is 10.8 Å². The van der Waals surface area contributed by atoms with Gasteiger partial charge in [0.1, 0.15) is 0 Å². The molecule has 282 valence electrons. The average molecular weight is 864 g/mol. The Hall–Kier alpha value is -1.31. The first-order valence-corrected chi connectivity index (χ1v) is 19.0. The summed E-state index contributed by atoms with van der Waals surface area (Å²) < 4.78 is 6.19. The number of carboxylic acid groups (broad SMARTS) is 1. The Morgan fingerprint density at radius 2 is 1.73 bits per heavy atom. The SMILES string of the molecule is CC(C)[C@@H](C)/C=C/[C@@H](C)[C@H]1CCC2C3=CC=C4C[C@@H](OCCN(CC(=O)[O-])CC(=O)[OH2+])CC[C@@]4(C)C3CC[C@@]21C.[NH-][C@@H]1CCCC[C@H]1N.[Pt]. The van der Waals surface area contributed by atoms with Gasteiger partial charge in [-0.3, -0.25) is 4.90 Å². The number of aliphatic carboxylic acids is 1. The van der Waals surface area contributed by atoms with Crippen LogP contribution in [0.5, 0.6) is 0 Å². The van der Waals surface area contributed by atoms with E-state index in [-0.39, 0.29) is 57.8 Å². The predicted molar refractivity (Wildman–Crippen MR) is 192 cm³/mol. The topological polar surface area (TPSA) is 142 Å². The van der Waals surface area contributed by atoms with Crippen molar-refractivity contribution in [1.82, 2.24) is 4.90 Å². The summed E-state index contributed by atoms with van der Waals surface area (Å²) in [5.74, 6) is 1.95. The molecule has 0 aromatic heterocycles. The number of hydrogen-bond acceptors (Lipinski definition) is 6. The zero-order valence-corrected chi connectivity index (χ0v) is 33.4. The van der Waals surface area contributed by atoms with E-state index in [9.17, 15) is 14.7 Å². The molecule has 5 aliphatic rings. The van der Waals surface area contributed by atoms with Gasteiger partial charge in [-0.1, -0.05) is 96.3 Å². The van der Waals surface area contributed by atoms with Crippen LogP contribution in [0.15, 0.2) is 35.5 Å². The zero-order valence-electron chi connectivity index (χ0n) is 31.1. The fourth-order valence-corrected chi connectivity index (χ4v) is 9.83. The van der Waals surface area contributed by atoms with Gasteiger partial charge in [0.05, 0.1) is 18.7 Å². The van der Waals surface area contributed by atoms with E-state index in [4.69, 9.17) is 21.3 Å². The number of carboxylic acids is 1. The molecule has 5 N–H and O–H groups in total. The third-order valence-electron chi connectivity index (χ3n) is 13.3. The van der Waals surface area contributed by atoms with Crippen molar-refractivity contribution >= 4 is 11.9 Å². The second-order valence-corrected chi connectivity index (χ2v) is 16.8. The van der Waals surface area contributed by atoms with Crippen molar-refractivity contribution in [2.45, 2.75) is 130 Å². The van der Waals surface area contributed by atoms with Crippen molar-refractivity contribution in [3.8, 4) is 0 Å². The van der Waals surface area contributed by atoms with Gasteiger partial charge in [-0.15, -0.1) is 6.04 Å². The number of fused-ring (bicyclic) bond motifs is 5. The Balaban J connectivity index is 0.000000634. The maximum Gasteiger partial charge on any atom is 0.530 e. The zero-order chi connectivity index (χ0) is 35.2. The first-order chi connectivity index (χ1) is 22.7. The molecule has 0 amide bonds. The van der Waals surface area contributed by atoms with Crippen LogP contribution in [0.1, 0.15) is 112 Å². The molecule has 8 nitrogen and oxygen atoms in total. The second-order valence-electron chi connectivity index (χ2n) is 16.8. The molecule has 0 aliphatic heterocycles. The summed E-state index contributed by atoms with van der Waals surface area (Å²) in [4.78, 5) is 23.6. The van der Waals surface area contributed by atoms with Gasteiger partial charge in [-0.05, 0) is 104 Å². The van der Waals surface area contributed by atoms with E-state index in [0.29, 0.717) is 48.2 Å². The molecule has 49 heavy (non-hydrogen) atoms. The summed E-state index contributed by atoms with van der Waals surface area (Å²) in [6.45, 7) is 14.6. The molecule has 5 aliphatic carbocycles. The number of allylic oxidation sites excluding steroid dienone is 5. The Morgan fingerprint density at radius 3 is 2.35 bits per heavy atom. The number of nitrogens with one attached hydrogen (secondary N) is 1. The standard InChI is InChI=1S/C34H53NO5.C6H13N2.Pt/c1-22(2)23(3)7-8-24(4)28-11-12-29-27-10-9-25-19-26(40-18-17-35(20-31(36)37)21-32(38)39)13-15-33(25,5)30(27)14-16-34(28,29)6;7-5-3-1-2-4-6(5)8;/h7-10,22-24,26,28-30H,11-21H2,1-6H3,(H,36,37)(H,38,39);5-7H,1-4,8H2;/q;-1;/b8-7+;;/t23-,24+,26-,28+,29?,30?,33+,34+;5-,6-;/m01./s1. The normalized spacial score (nSPS) is 35.1. The number of hydrogen-bond donors (Lipinski definition) is 1. The third kappa shape index (κ3) is 10.4. The van der Waals surface area contributed by atoms with E-state index < -0.39 is 11.9 Å². The van der Waals surface area contributed by atoms with Gasteiger partial charge in [0, 0.05) is 38.9 Å². The Kier molecular flexibility index (Phi) is 15.8. The maximum atomic E-state index is 11.2. The van der Waals surface area contributed by atoms with Crippen molar-refractivity contribution < 1.29 is 45.6 Å². The smallest absolute Gasteiger partial charge is 0.530 e. The number of nitrogens with two attached hydrogens (primary N) is 1. The molecule has 0 aromatic rings. The van der Waals surface area contributed by atoms with Gasteiger partial charge in [0.15, 0.2) is 6.54 Å². The molecule has 0 saturated heterocycles. The minimum Gasteiger partial charge on any atom is -0.673 e. The Labute approximate surface area is 311 Å². The van der Waals surface area contributed by atoms with E-state index in [1.165, 1.54) is 49.0 Å². The fourth-order valence-electron chi connectivity index (χ4n) is 9.83. The summed E-state index contributed by atoms with van der Waals surface area (Å²) in [6, 6.07) is 0.201. The van der Waals surface area contributed by atoms with Gasteiger partial charge in [-0.25, -0.2) is 0 Å². The van der Waals surface area contributed by atoms with Gasteiger partial charge in [-0.2, -0.15) is 0 Å². The molecule has 0 aromatic carbocycles. The second kappa shape index (κ2) is 18.4. The van der Waals surface area contributed by atoms with Crippen molar-refractivity contribution in [3.63, 3.8) is 0 Å². The van der Waals surface area contributed by atoms with Crippen molar-refractivity contribution in [2.75, 3.05) is 26.2 Å². The first-order valence-electron chi connectivity index (χ1n) is 19.0. The van der Waals surface area contributed by atoms with E-state index >= 15 is 0 Å². The summed E-state index contributed by atoms with van der Waals surface area (Å²) in [5, 5.41) is 18.2. The number of carbonyl (C=O) groups excluding carboxylic acids is 2. The van der Waals surface area contributed by atoms with Crippen LogP contribution in [0.2, 0.25) is 0 Å². The van der Waals surface area contributed by atoms with Gasteiger partial charge < -0.3 is 31.2 Å². The van der Waals surface area contributed by atoms with Crippen LogP contribution >= 0.6 is 0 Å². The molecule has 9 heteroatoms. The molecule has 0 bridgehead atoms. The molecular weight excluding hydrogens is 798 g/mol. The summed E-state index contributed by atoms with van der Waals surface area (Å²) in [7, 11) is 0. The molecule has 0 heterocycles. The number of nitrogens with zero attached hydrogens (tertiary/aromatic N) is 1. The van der Waals surface area contributed by atoms with E-state index in [2.05, 4.69) is 65.8 Å². The molecule has 2 unspecified atom stereocenters. The van der Waals surface area contributed by atoms with Crippen LogP contribution in [0.25, 0.3) is 5.73 Å². The largest absolute Gasteiger partial charge is 0.673 e. The van der Waals surface area contributed by atoms with Crippen LogP contribution in [0.4, 0.5) is 0 Å². The van der Waals surface area contributed by atoms with E-state index in [1.54, 1.807) is 5.57 Å². The third-order valence-corrected chi connectivity index (χ3v) is 13.3. The first kappa shape index (κ1) is 42.1. The van der Waals surface area contributed by atoms with Gasteiger partial charge in [0.25, 0.3) is 0 Å². The number of carbonyl (C=O) groups is 2. The van der Waals surface area contributed by atoms with Crippen molar-refractivity contribution in [3.05, 3.63) is 41.2 Å². The molecular formula is C40H66N3O5Pt-. The molecule has 0 spiro atoms. The van der Waals surface area contributed by atoms with Crippen LogP contribution in [0, 0.1) is 46.3 Å². The summed E-state index contributed by atoms with van der Waals surface area (Å²) >= 11 is 0. The van der Waals surface area contributed by atoms with Crippen LogP contribution in [-0.4, -0.2) is 66.4 Å². The minimum absolute atomic E-state index is 0. The van der Waals surface area contributed by atoms with Crippen molar-refractivity contribution in [2.24, 2.45) is 52.1 Å². The average Bonchev–Trinajstić information content (AvgIpc) is 3.38. The van der Waals surface area contributed by atoms with Gasteiger partial charge in [0.2, 0.25) is 0 Å². The molecule has 0 radical (unpaired) electrons. The minimum atomic E-state index is -1.24. The predicted octanol–water partition coefficient (Wildman–Crippen LogP) is 5.96. The Bertz CT molecular complexity index is 1180. The van der Waals surface area contributed by atoms with Crippen molar-refractivity contribution in [1.29, 1.82) is 0 Å². The van der Waals surface area contributed by atoms with E-state index in [0.717, 1.165) is 38.0 Å². The monoisotopic (exact) mass is 863 g/mol. The molecule has 10 atom stereocenters. The van der Waals surface area contributed by atoms with Crippen LogP contribution in [-0.2, 0) is 35.4 Å². The molecule has 5 rings (SSSR count). The fraction of sp³-hybridized carbons (Fsp3) is 0.800. The molecule has 4 saturated carbocycles. The van der Waals surface area contributed by atoms with E-state index in [1.807, 2.05) is 0 Å². The Morgan fingerprint density at radius 1 is 1.02 bits per heavy atom.